The third-order valence-corrected chi connectivity index (χ3v) is 11.8. The van der Waals surface area contributed by atoms with Crippen molar-refractivity contribution < 1.29 is 63.6 Å². The molecule has 31 heteroatoms. The first-order valence-corrected chi connectivity index (χ1v) is 24.9. The van der Waals surface area contributed by atoms with Gasteiger partial charge in [0.05, 0.1) is 25.1 Å². The Hall–Kier alpha value is -9.26. The number of hydrogen-bond acceptors (Lipinski definition) is 15. The molecular weight excluding hydrogens is 1040 g/mol. The van der Waals surface area contributed by atoms with Crippen LogP contribution in [0, 0.1) is 16.2 Å². The van der Waals surface area contributed by atoms with E-state index in [4.69, 9.17) is 39.2 Å². The Morgan fingerprint density at radius 2 is 1.09 bits per heavy atom. The zero-order valence-corrected chi connectivity index (χ0v) is 43.3. The number of phenolic OH excluding ortho intramolecular Hbond substituents is 1. The van der Waals surface area contributed by atoms with Gasteiger partial charge in [0.1, 0.15) is 42.0 Å². The normalized spacial score (nSPS) is 13.9. The van der Waals surface area contributed by atoms with Crippen LogP contribution in [-0.2, 0) is 56.0 Å². The number of aliphatic hydroxyl groups excluding tert-OH is 1. The second-order valence-corrected chi connectivity index (χ2v) is 18.2. The van der Waals surface area contributed by atoms with Gasteiger partial charge in [0.15, 0.2) is 17.9 Å². The van der Waals surface area contributed by atoms with E-state index >= 15 is 0 Å². The van der Waals surface area contributed by atoms with Gasteiger partial charge >= 0.3 is 11.9 Å². The number of aromatic nitrogens is 1. The molecule has 8 atom stereocenters. The van der Waals surface area contributed by atoms with E-state index in [1.807, 2.05) is 0 Å². The molecule has 432 valence electrons. The van der Waals surface area contributed by atoms with Gasteiger partial charge in [-0.15, -0.1) is 0 Å². The molecule has 0 aliphatic rings. The lowest BCUT2D eigenvalue weighted by atomic mass is 10.0. The fourth-order valence-corrected chi connectivity index (χ4v) is 7.73. The Morgan fingerprint density at radius 1 is 0.582 bits per heavy atom. The average Bonchev–Trinajstić information content (AvgIpc) is 3.81. The Kier molecular flexibility index (Phi) is 26.2. The molecule has 1 heterocycles. The number of aromatic amines is 1. The molecule has 26 N–H and O–H groups in total. The predicted octanol–water partition coefficient (Wildman–Crippen LogP) is -5.26. The van der Waals surface area contributed by atoms with Crippen molar-refractivity contribution in [2.45, 2.75) is 113 Å². The molecule has 0 fully saturated rings. The van der Waals surface area contributed by atoms with Crippen LogP contribution >= 0.6 is 0 Å². The summed E-state index contributed by atoms with van der Waals surface area (Å²) in [6.07, 6.45) is -1.28. The number of carboxylic acid groups (broad SMARTS) is 2. The van der Waals surface area contributed by atoms with Gasteiger partial charge < -0.3 is 102 Å². The van der Waals surface area contributed by atoms with E-state index in [9.17, 15) is 63.6 Å². The molecule has 1 aromatic heterocycles. The molecular formula is C48H72N18O13. The minimum absolute atomic E-state index is 0.0135. The minimum Gasteiger partial charge on any atom is -0.508 e. The zero-order valence-electron chi connectivity index (χ0n) is 43.3. The highest BCUT2D eigenvalue weighted by Crippen LogP contribution is 2.20. The van der Waals surface area contributed by atoms with Crippen molar-refractivity contribution in [3.8, 4) is 5.75 Å². The first kappa shape index (κ1) is 64.0. The summed E-state index contributed by atoms with van der Waals surface area (Å²) < 4.78 is 0. The molecule has 2 aromatic carbocycles. The molecule has 0 bridgehead atoms. The smallest absolute Gasteiger partial charge is 0.326 e. The van der Waals surface area contributed by atoms with Crippen LogP contribution in [-0.4, -0.2) is 171 Å². The van der Waals surface area contributed by atoms with Crippen molar-refractivity contribution in [1.29, 1.82) is 16.2 Å². The van der Waals surface area contributed by atoms with Gasteiger partial charge in [-0.25, -0.2) is 4.79 Å². The number of H-pyrrole nitrogens is 1. The summed E-state index contributed by atoms with van der Waals surface area (Å²) in [7, 11) is 0. The molecule has 7 amide bonds. The SMILES string of the molecule is C[C@@H](O)[C@H](NC(=O)[C@H](CC(=O)O)NC(=O)[C@H](Cc1c[nH]c2ccccc12)NC(=O)CNC(=O)[C@H](CCCNC(=N)N)NC(=O)[C@@H](N)CCCNC(=N)N)C(=O)N[C@@H](CCCNC(=N)N)C(=O)N[C@@H](Cc1ccc(O)cc1)C(=O)O. The molecule has 79 heavy (non-hydrogen) atoms. The first-order valence-electron chi connectivity index (χ1n) is 24.9. The quantitative estimate of drug-likeness (QED) is 0.0151. The number of carbonyl (C=O) groups excluding carboxylic acids is 7. The molecule has 3 rings (SSSR count). The number of nitrogens with one attached hydrogen (secondary N) is 14. The molecule has 0 spiro atoms. The van der Waals surface area contributed by atoms with E-state index in [0.717, 1.165) is 6.92 Å². The third-order valence-electron chi connectivity index (χ3n) is 11.8. The molecule has 0 radical (unpaired) electrons. The highest BCUT2D eigenvalue weighted by molar-refractivity contribution is 5.98. The van der Waals surface area contributed by atoms with Crippen LogP contribution in [0.5, 0.6) is 5.75 Å². The van der Waals surface area contributed by atoms with E-state index < -0.39 is 121 Å². The Morgan fingerprint density at radius 3 is 1.65 bits per heavy atom. The number of carboxylic acids is 2. The fourth-order valence-electron chi connectivity index (χ4n) is 7.73. The first-order chi connectivity index (χ1) is 37.3. The lowest BCUT2D eigenvalue weighted by Crippen LogP contribution is -2.61. The lowest BCUT2D eigenvalue weighted by molar-refractivity contribution is -0.142. The van der Waals surface area contributed by atoms with Crippen molar-refractivity contribution in [2.24, 2.45) is 22.9 Å². The number of aliphatic carboxylic acids is 2. The minimum atomic E-state index is -1.99. The van der Waals surface area contributed by atoms with E-state index in [1.54, 1.807) is 30.5 Å². The molecule has 0 saturated heterocycles. The van der Waals surface area contributed by atoms with E-state index in [2.05, 4.69) is 58.2 Å². The van der Waals surface area contributed by atoms with Crippen LogP contribution in [0.1, 0.15) is 63.0 Å². The number of rotatable bonds is 34. The van der Waals surface area contributed by atoms with Crippen molar-refractivity contribution >= 4 is 82.1 Å². The lowest BCUT2D eigenvalue weighted by Gasteiger charge is -2.28. The third kappa shape index (κ3) is 23.3. The number of para-hydroxylation sites is 1. The van der Waals surface area contributed by atoms with Crippen molar-refractivity contribution in [2.75, 3.05) is 26.2 Å². The van der Waals surface area contributed by atoms with Gasteiger partial charge in [0.25, 0.3) is 0 Å². The fraction of sp³-hybridized carbons (Fsp3) is 0.458. The zero-order chi connectivity index (χ0) is 58.8. The number of guanidine groups is 3. The summed E-state index contributed by atoms with van der Waals surface area (Å²) in [5, 5.41) is 87.3. The van der Waals surface area contributed by atoms with Crippen LogP contribution in [0.4, 0.5) is 0 Å². The number of aromatic hydroxyl groups is 1. The van der Waals surface area contributed by atoms with Gasteiger partial charge in [-0.2, -0.15) is 0 Å². The Balaban J connectivity index is 1.85. The van der Waals surface area contributed by atoms with E-state index in [1.165, 1.54) is 24.3 Å². The number of benzene rings is 2. The molecule has 0 saturated carbocycles. The number of hydrogen-bond donors (Lipinski definition) is 22. The molecule has 3 aromatic rings. The maximum Gasteiger partial charge on any atom is 0.326 e. The van der Waals surface area contributed by atoms with Crippen LogP contribution in [0.2, 0.25) is 0 Å². The monoisotopic (exact) mass is 1110 g/mol. The summed E-state index contributed by atoms with van der Waals surface area (Å²) in [5.74, 6) is -11.3. The van der Waals surface area contributed by atoms with Crippen molar-refractivity contribution in [3.05, 3.63) is 65.9 Å². The van der Waals surface area contributed by atoms with Gasteiger partial charge in [-0.1, -0.05) is 30.3 Å². The van der Waals surface area contributed by atoms with E-state index in [-0.39, 0.29) is 82.2 Å². The summed E-state index contributed by atoms with van der Waals surface area (Å²) >= 11 is 0. The average molecular weight is 1110 g/mol. The van der Waals surface area contributed by atoms with Crippen molar-refractivity contribution in [3.63, 3.8) is 0 Å². The number of carbonyl (C=O) groups is 9. The second kappa shape index (κ2) is 32.4. The number of amides is 7. The van der Waals surface area contributed by atoms with E-state index in [0.29, 0.717) is 28.5 Å². The van der Waals surface area contributed by atoms with Crippen LogP contribution in [0.3, 0.4) is 0 Å². The summed E-state index contributed by atoms with van der Waals surface area (Å²) in [5.41, 5.74) is 23.6. The summed E-state index contributed by atoms with van der Waals surface area (Å²) in [6.45, 7) is 0.722. The highest BCUT2D eigenvalue weighted by atomic mass is 16.4. The second-order valence-electron chi connectivity index (χ2n) is 18.2. The predicted molar refractivity (Wildman–Crippen MR) is 285 cm³/mol. The largest absolute Gasteiger partial charge is 0.508 e. The number of nitrogens with two attached hydrogens (primary N) is 4. The topological polar surface area (TPSA) is 546 Å². The summed E-state index contributed by atoms with van der Waals surface area (Å²) in [6, 6.07) is 1.47. The van der Waals surface area contributed by atoms with Gasteiger partial charge in [-0.3, -0.25) is 54.6 Å². The van der Waals surface area contributed by atoms with Crippen LogP contribution < -0.4 is 76.1 Å². The van der Waals surface area contributed by atoms with Crippen molar-refractivity contribution in [1.82, 2.24) is 58.2 Å². The van der Waals surface area contributed by atoms with Gasteiger partial charge in [0.2, 0.25) is 41.4 Å². The number of fused-ring (bicyclic) bond motifs is 1. The maximum atomic E-state index is 14.2. The van der Waals surface area contributed by atoms with Crippen LogP contribution in [0.25, 0.3) is 10.9 Å². The Bertz CT molecular complexity index is 2630. The molecule has 31 nitrogen and oxygen atoms in total. The van der Waals surface area contributed by atoms with Gasteiger partial charge in [0, 0.05) is 49.6 Å². The Labute approximate surface area is 452 Å². The number of phenols is 1. The molecule has 0 unspecified atom stereocenters. The van der Waals surface area contributed by atoms with Crippen LogP contribution in [0.15, 0.2) is 54.7 Å². The molecule has 0 aliphatic heterocycles. The standard InChI is InChI=1S/C48H72N18O13/c1-24(67)38(44(77)63-32(11-6-18-58-48(54)55)41(74)65-35(45(78)79)19-25-12-14-27(68)15-13-25)66-43(76)34(21-37(70)71)64-42(75)33(20-26-22-59-30-9-3-2-7-28(26)30)61-36(69)23-60-40(73)31(10-5-17-57-47(52)53)62-39(72)29(49)8-4-16-56-46(50)51/h2-3,7,9,12-15,22,24,29,31-35,38,59,67-68H,4-6,8,10-11,16-21,23,49H2,1H3,(H,60,73)(H,61,69)(H,62,72)(H,63,77)(H,64,75)(H,65,74)(H,66,76)(H,70,71)(H,78,79)(H4,50,51,56)(H4,52,53,57)(H4,54,55,58)/t24-,29+,31+,32+,33+,34+,35+,38+/m1/s1. The highest BCUT2D eigenvalue weighted by Gasteiger charge is 2.36. The number of aliphatic hydroxyl groups is 1. The molecule has 0 aliphatic carbocycles. The van der Waals surface area contributed by atoms with Gasteiger partial charge in [-0.05, 0) is 74.8 Å². The maximum absolute atomic E-state index is 14.2. The summed E-state index contributed by atoms with van der Waals surface area (Å²) in [4.78, 5) is 123.